The van der Waals surface area contributed by atoms with Gasteiger partial charge in [0.2, 0.25) is 0 Å². The highest BCUT2D eigenvalue weighted by atomic mass is 16.5. The first-order valence-corrected chi connectivity index (χ1v) is 16.0. The third kappa shape index (κ3) is 7.26. The maximum atomic E-state index is 12.9. The van der Waals surface area contributed by atoms with Crippen LogP contribution in [0.4, 0.5) is 0 Å². The SMILES string of the molecule is CCN(CC)C(=O)c1ccc(-c2ccc(OCCCCNC(C)C)c(-c3ccc4c(c3)C(C)(C)CCC4(C)C)c2)cc1. The molecule has 1 aliphatic carbocycles. The number of carbonyl (C=O) groups is 1. The Morgan fingerprint density at radius 3 is 2.07 bits per heavy atom. The third-order valence-corrected chi connectivity index (χ3v) is 9.04. The maximum Gasteiger partial charge on any atom is 0.253 e. The summed E-state index contributed by atoms with van der Waals surface area (Å²) in [5, 5.41) is 3.49. The summed E-state index contributed by atoms with van der Waals surface area (Å²) >= 11 is 0. The molecule has 0 saturated heterocycles. The molecule has 42 heavy (non-hydrogen) atoms. The number of unbranched alkanes of at least 4 members (excludes halogenated alkanes) is 1. The van der Waals surface area contributed by atoms with E-state index >= 15 is 0 Å². The van der Waals surface area contributed by atoms with Gasteiger partial charge in [0.05, 0.1) is 6.61 Å². The second kappa shape index (κ2) is 13.5. The van der Waals surface area contributed by atoms with Crippen LogP contribution >= 0.6 is 0 Å². The Kier molecular flexibility index (Phi) is 10.2. The van der Waals surface area contributed by atoms with Gasteiger partial charge in [-0.15, -0.1) is 0 Å². The molecule has 0 saturated carbocycles. The van der Waals surface area contributed by atoms with Crippen LogP contribution in [0.2, 0.25) is 0 Å². The van der Waals surface area contributed by atoms with E-state index in [0.717, 1.165) is 47.4 Å². The number of benzene rings is 3. The maximum absolute atomic E-state index is 12.9. The number of ether oxygens (including phenoxy) is 1. The summed E-state index contributed by atoms with van der Waals surface area (Å²) in [4.78, 5) is 14.7. The van der Waals surface area contributed by atoms with Gasteiger partial charge in [-0.3, -0.25) is 4.79 Å². The van der Waals surface area contributed by atoms with Crippen LogP contribution in [-0.4, -0.2) is 43.1 Å². The molecule has 0 unspecified atom stereocenters. The molecule has 0 aromatic heterocycles. The molecule has 1 amide bonds. The van der Waals surface area contributed by atoms with Crippen LogP contribution in [0, 0.1) is 0 Å². The molecule has 4 rings (SSSR count). The van der Waals surface area contributed by atoms with Gasteiger partial charge in [0.25, 0.3) is 5.91 Å². The van der Waals surface area contributed by atoms with Crippen LogP contribution in [0.3, 0.4) is 0 Å². The summed E-state index contributed by atoms with van der Waals surface area (Å²) in [5.41, 5.74) is 8.50. The van der Waals surface area contributed by atoms with Crippen LogP contribution in [0.15, 0.2) is 60.7 Å². The Bertz CT molecular complexity index is 1350. The predicted molar refractivity (Wildman–Crippen MR) is 178 cm³/mol. The molecule has 0 spiro atoms. The molecule has 1 aliphatic rings. The Hall–Kier alpha value is -3.11. The molecule has 0 aliphatic heterocycles. The van der Waals surface area contributed by atoms with Crippen molar-refractivity contribution in [3.8, 4) is 28.0 Å². The molecule has 1 N–H and O–H groups in total. The minimum atomic E-state index is 0.0826. The van der Waals surface area contributed by atoms with Gasteiger partial charge in [-0.1, -0.05) is 77.9 Å². The molecule has 4 heteroatoms. The standard InChI is InChI=1S/C38H52N2O2/c1-9-40(10-2)36(41)29-15-13-28(14-16-29)30-18-20-35(42-24-12-11-23-39-27(3)4)32(25-30)31-17-19-33-34(26-31)38(7,8)22-21-37(33,5)6/h13-20,25-27,39H,9-12,21-24H2,1-8H3. The second-order valence-electron chi connectivity index (χ2n) is 13.5. The highest BCUT2D eigenvalue weighted by Crippen LogP contribution is 2.47. The summed E-state index contributed by atoms with van der Waals surface area (Å²) in [6.45, 7) is 21.0. The third-order valence-electron chi connectivity index (χ3n) is 9.04. The van der Waals surface area contributed by atoms with Gasteiger partial charge in [0, 0.05) is 30.3 Å². The van der Waals surface area contributed by atoms with Crippen molar-refractivity contribution in [2.45, 2.75) is 97.9 Å². The number of hydrogen-bond donors (Lipinski definition) is 1. The van der Waals surface area contributed by atoms with Crippen molar-refractivity contribution >= 4 is 5.91 Å². The van der Waals surface area contributed by atoms with Gasteiger partial charge < -0.3 is 15.0 Å². The van der Waals surface area contributed by atoms with Gasteiger partial charge in [-0.2, -0.15) is 0 Å². The minimum Gasteiger partial charge on any atom is -0.493 e. The quantitative estimate of drug-likeness (QED) is 0.222. The second-order valence-corrected chi connectivity index (χ2v) is 13.5. The van der Waals surface area contributed by atoms with Crippen molar-refractivity contribution in [3.05, 3.63) is 77.4 Å². The average molecular weight is 569 g/mol. The van der Waals surface area contributed by atoms with E-state index in [-0.39, 0.29) is 16.7 Å². The first-order chi connectivity index (χ1) is 20.0. The van der Waals surface area contributed by atoms with E-state index in [1.165, 1.54) is 29.5 Å². The molecule has 4 nitrogen and oxygen atoms in total. The van der Waals surface area contributed by atoms with E-state index in [4.69, 9.17) is 4.74 Å². The zero-order valence-corrected chi connectivity index (χ0v) is 27.3. The van der Waals surface area contributed by atoms with Gasteiger partial charge in [-0.25, -0.2) is 0 Å². The number of fused-ring (bicyclic) bond motifs is 1. The summed E-state index contributed by atoms with van der Waals surface area (Å²) in [5.74, 6) is 1.01. The molecule has 0 bridgehead atoms. The van der Waals surface area contributed by atoms with Gasteiger partial charge in [0.1, 0.15) is 5.75 Å². The lowest BCUT2D eigenvalue weighted by molar-refractivity contribution is 0.0773. The van der Waals surface area contributed by atoms with Gasteiger partial charge in [-0.05, 0) is 109 Å². The normalized spacial score (nSPS) is 15.4. The molecular weight excluding hydrogens is 516 g/mol. The summed E-state index contributed by atoms with van der Waals surface area (Å²) in [6.07, 6.45) is 4.48. The lowest BCUT2D eigenvalue weighted by Crippen LogP contribution is -2.33. The van der Waals surface area contributed by atoms with E-state index in [1.807, 2.05) is 30.9 Å². The summed E-state index contributed by atoms with van der Waals surface area (Å²) in [7, 11) is 0. The van der Waals surface area contributed by atoms with Crippen molar-refractivity contribution in [3.63, 3.8) is 0 Å². The molecule has 0 fully saturated rings. The van der Waals surface area contributed by atoms with E-state index in [9.17, 15) is 4.79 Å². The van der Waals surface area contributed by atoms with Crippen LogP contribution in [0.5, 0.6) is 5.75 Å². The molecule has 0 heterocycles. The van der Waals surface area contributed by atoms with Crippen LogP contribution in [0.25, 0.3) is 22.3 Å². The van der Waals surface area contributed by atoms with E-state index < -0.39 is 0 Å². The lowest BCUT2D eigenvalue weighted by Gasteiger charge is -2.42. The van der Waals surface area contributed by atoms with E-state index in [1.54, 1.807) is 0 Å². The summed E-state index contributed by atoms with van der Waals surface area (Å²) in [6, 6.07) is 22.1. The van der Waals surface area contributed by atoms with E-state index in [0.29, 0.717) is 25.7 Å². The van der Waals surface area contributed by atoms with Crippen molar-refractivity contribution < 1.29 is 9.53 Å². The average Bonchev–Trinajstić information content (AvgIpc) is 2.97. The molecule has 0 radical (unpaired) electrons. The Balaban J connectivity index is 1.68. The number of rotatable bonds is 12. The van der Waals surface area contributed by atoms with Crippen molar-refractivity contribution in [1.29, 1.82) is 0 Å². The smallest absolute Gasteiger partial charge is 0.253 e. The molecule has 0 atom stereocenters. The molecule has 3 aromatic rings. The molecule has 3 aromatic carbocycles. The highest BCUT2D eigenvalue weighted by molar-refractivity contribution is 5.94. The summed E-state index contributed by atoms with van der Waals surface area (Å²) < 4.78 is 6.45. The van der Waals surface area contributed by atoms with Crippen LogP contribution in [0.1, 0.15) is 103 Å². The zero-order chi connectivity index (χ0) is 30.5. The Morgan fingerprint density at radius 1 is 0.810 bits per heavy atom. The highest BCUT2D eigenvalue weighted by Gasteiger charge is 2.37. The van der Waals surface area contributed by atoms with Crippen LogP contribution < -0.4 is 10.1 Å². The van der Waals surface area contributed by atoms with Crippen LogP contribution in [-0.2, 0) is 10.8 Å². The zero-order valence-electron chi connectivity index (χ0n) is 27.3. The fraction of sp³-hybridized carbons (Fsp3) is 0.500. The Labute approximate surface area is 254 Å². The first-order valence-electron chi connectivity index (χ1n) is 16.0. The minimum absolute atomic E-state index is 0.0826. The van der Waals surface area contributed by atoms with Crippen molar-refractivity contribution in [2.75, 3.05) is 26.2 Å². The predicted octanol–water partition coefficient (Wildman–Crippen LogP) is 9.01. The molecule has 226 valence electrons. The number of hydrogen-bond acceptors (Lipinski definition) is 3. The number of carbonyl (C=O) groups excluding carboxylic acids is 1. The number of nitrogens with one attached hydrogen (secondary N) is 1. The van der Waals surface area contributed by atoms with Gasteiger partial charge >= 0.3 is 0 Å². The van der Waals surface area contributed by atoms with Gasteiger partial charge in [0.15, 0.2) is 0 Å². The fourth-order valence-corrected chi connectivity index (χ4v) is 6.12. The topological polar surface area (TPSA) is 41.6 Å². The fourth-order valence-electron chi connectivity index (χ4n) is 6.12. The van der Waals surface area contributed by atoms with E-state index in [2.05, 4.69) is 95.4 Å². The van der Waals surface area contributed by atoms with Crippen molar-refractivity contribution in [2.24, 2.45) is 0 Å². The first kappa shape index (κ1) is 31.8. The molecular formula is C38H52N2O2. The lowest BCUT2D eigenvalue weighted by atomic mass is 9.63. The monoisotopic (exact) mass is 568 g/mol. The largest absolute Gasteiger partial charge is 0.493 e. The number of nitrogens with zero attached hydrogens (tertiary/aromatic N) is 1. The van der Waals surface area contributed by atoms with Crippen molar-refractivity contribution in [1.82, 2.24) is 10.2 Å². The number of amides is 1. The Morgan fingerprint density at radius 2 is 1.43 bits per heavy atom.